The van der Waals surface area contributed by atoms with Gasteiger partial charge in [-0.15, -0.1) is 0 Å². The Kier molecular flexibility index (Phi) is 2.46. The molecule has 0 radical (unpaired) electrons. The molecule has 17 heavy (non-hydrogen) atoms. The van der Waals surface area contributed by atoms with Crippen molar-refractivity contribution >= 4 is 22.5 Å². The summed E-state index contributed by atoms with van der Waals surface area (Å²) in [6.07, 6.45) is 5.14. The molecule has 0 fully saturated rings. The molecule has 0 amide bonds. The van der Waals surface area contributed by atoms with Crippen molar-refractivity contribution in [2.24, 2.45) is 0 Å². The van der Waals surface area contributed by atoms with Gasteiger partial charge in [0, 0.05) is 29.5 Å². The number of aromatic nitrogens is 3. The number of nitrogens with zero attached hydrogens (tertiary/aromatic N) is 3. The fourth-order valence-corrected chi connectivity index (χ4v) is 1.92. The number of rotatable bonds is 1. The molecule has 4 heteroatoms. The fourth-order valence-electron chi connectivity index (χ4n) is 1.70. The van der Waals surface area contributed by atoms with Crippen LogP contribution in [0.25, 0.3) is 22.3 Å². The lowest BCUT2D eigenvalue weighted by Gasteiger charge is -2.02. The molecule has 0 bridgehead atoms. The van der Waals surface area contributed by atoms with E-state index in [0.29, 0.717) is 10.8 Å². The Bertz CT molecular complexity index is 668. The molecule has 0 atom stereocenters. The van der Waals surface area contributed by atoms with Crippen molar-refractivity contribution in [1.29, 1.82) is 0 Å². The van der Waals surface area contributed by atoms with Crippen LogP contribution in [0, 0.1) is 0 Å². The van der Waals surface area contributed by atoms with Gasteiger partial charge in [0.1, 0.15) is 0 Å². The Morgan fingerprint density at radius 1 is 0.882 bits per heavy atom. The van der Waals surface area contributed by atoms with Crippen molar-refractivity contribution in [2.45, 2.75) is 0 Å². The zero-order valence-corrected chi connectivity index (χ0v) is 9.59. The summed E-state index contributed by atoms with van der Waals surface area (Å²) in [5.74, 6) is 0.691. The molecule has 0 spiro atoms. The maximum Gasteiger partial charge on any atom is 0.159 e. The molecule has 3 aromatic rings. The average molecular weight is 242 g/mol. The lowest BCUT2D eigenvalue weighted by atomic mass is 10.1. The van der Waals surface area contributed by atoms with E-state index < -0.39 is 0 Å². The third-order valence-corrected chi connectivity index (χ3v) is 2.84. The van der Waals surface area contributed by atoms with Crippen LogP contribution in [0.3, 0.4) is 0 Å². The summed E-state index contributed by atoms with van der Waals surface area (Å²) in [6, 6.07) is 9.40. The molecule has 0 aliphatic carbocycles. The van der Waals surface area contributed by atoms with Gasteiger partial charge in [0.25, 0.3) is 0 Å². The maximum atomic E-state index is 6.08. The Hall–Kier alpha value is -2.00. The number of hydrogen-bond acceptors (Lipinski definition) is 3. The highest BCUT2D eigenvalue weighted by atomic mass is 35.5. The van der Waals surface area contributed by atoms with Crippen LogP contribution in [0.4, 0.5) is 0 Å². The van der Waals surface area contributed by atoms with Crippen molar-refractivity contribution in [3.05, 3.63) is 53.9 Å². The van der Waals surface area contributed by atoms with Crippen LogP contribution in [0.5, 0.6) is 0 Å². The summed E-state index contributed by atoms with van der Waals surface area (Å²) in [5, 5.41) is 1.64. The van der Waals surface area contributed by atoms with Gasteiger partial charge in [-0.3, -0.25) is 4.98 Å². The molecule has 0 unspecified atom stereocenters. The van der Waals surface area contributed by atoms with Crippen LogP contribution in [0.2, 0.25) is 5.02 Å². The quantitative estimate of drug-likeness (QED) is 0.656. The maximum absolute atomic E-state index is 6.08. The second-order valence-electron chi connectivity index (χ2n) is 3.60. The standard InChI is InChI=1S/C13H8ClN3/c14-11-4-7-15-12-8-9(2-3-10(11)12)13-16-5-1-6-17-13/h1-8H. The molecule has 1 aromatic carbocycles. The largest absolute Gasteiger partial charge is 0.256 e. The van der Waals surface area contributed by atoms with Crippen molar-refractivity contribution in [2.75, 3.05) is 0 Å². The Morgan fingerprint density at radius 2 is 1.71 bits per heavy atom. The fraction of sp³-hybridized carbons (Fsp3) is 0. The van der Waals surface area contributed by atoms with Gasteiger partial charge in [-0.1, -0.05) is 23.7 Å². The summed E-state index contributed by atoms with van der Waals surface area (Å²) >= 11 is 6.08. The number of hydrogen-bond donors (Lipinski definition) is 0. The molecule has 0 N–H and O–H groups in total. The molecule has 0 aliphatic rings. The second kappa shape index (κ2) is 4.11. The van der Waals surface area contributed by atoms with E-state index in [2.05, 4.69) is 15.0 Å². The minimum atomic E-state index is 0.691. The van der Waals surface area contributed by atoms with E-state index >= 15 is 0 Å². The van der Waals surface area contributed by atoms with E-state index in [-0.39, 0.29) is 0 Å². The minimum Gasteiger partial charge on any atom is -0.256 e. The summed E-state index contributed by atoms with van der Waals surface area (Å²) < 4.78 is 0. The smallest absolute Gasteiger partial charge is 0.159 e. The van der Waals surface area contributed by atoms with Crippen molar-refractivity contribution < 1.29 is 0 Å². The first kappa shape index (κ1) is 10.2. The Morgan fingerprint density at radius 3 is 2.53 bits per heavy atom. The first-order valence-corrected chi connectivity index (χ1v) is 5.54. The number of halogens is 1. The first-order chi connectivity index (χ1) is 8.34. The molecule has 2 aromatic heterocycles. The van der Waals surface area contributed by atoms with E-state index in [1.54, 1.807) is 30.7 Å². The van der Waals surface area contributed by atoms with Gasteiger partial charge >= 0.3 is 0 Å². The van der Waals surface area contributed by atoms with Crippen LogP contribution in [-0.4, -0.2) is 15.0 Å². The van der Waals surface area contributed by atoms with Crippen molar-refractivity contribution in [3.63, 3.8) is 0 Å². The SMILES string of the molecule is Clc1ccnc2cc(-c3ncccn3)ccc12. The topological polar surface area (TPSA) is 38.7 Å². The van der Waals surface area contributed by atoms with Crippen LogP contribution in [0.1, 0.15) is 0 Å². The van der Waals surface area contributed by atoms with Gasteiger partial charge in [0.15, 0.2) is 5.82 Å². The van der Waals surface area contributed by atoms with E-state index in [4.69, 9.17) is 11.6 Å². The van der Waals surface area contributed by atoms with Crippen LogP contribution in [0.15, 0.2) is 48.9 Å². The van der Waals surface area contributed by atoms with E-state index in [0.717, 1.165) is 16.5 Å². The number of benzene rings is 1. The zero-order valence-electron chi connectivity index (χ0n) is 8.84. The molecule has 3 rings (SSSR count). The minimum absolute atomic E-state index is 0.691. The third kappa shape index (κ3) is 1.85. The van der Waals surface area contributed by atoms with Gasteiger partial charge in [-0.2, -0.15) is 0 Å². The highest BCUT2D eigenvalue weighted by molar-refractivity contribution is 6.35. The molecule has 2 heterocycles. The summed E-state index contributed by atoms with van der Waals surface area (Å²) in [7, 11) is 0. The second-order valence-corrected chi connectivity index (χ2v) is 4.00. The third-order valence-electron chi connectivity index (χ3n) is 2.51. The molecule has 0 saturated heterocycles. The van der Waals surface area contributed by atoms with E-state index in [9.17, 15) is 0 Å². The molecular formula is C13H8ClN3. The van der Waals surface area contributed by atoms with Gasteiger partial charge < -0.3 is 0 Å². The predicted molar refractivity (Wildman–Crippen MR) is 67.8 cm³/mol. The molecule has 0 aliphatic heterocycles. The summed E-state index contributed by atoms with van der Waals surface area (Å²) in [5.41, 5.74) is 1.79. The lowest BCUT2D eigenvalue weighted by molar-refractivity contribution is 1.18. The molecule has 0 saturated carbocycles. The summed E-state index contributed by atoms with van der Waals surface area (Å²) in [6.45, 7) is 0. The average Bonchev–Trinajstić information content (AvgIpc) is 2.40. The summed E-state index contributed by atoms with van der Waals surface area (Å²) in [4.78, 5) is 12.7. The normalized spacial score (nSPS) is 10.6. The lowest BCUT2D eigenvalue weighted by Crippen LogP contribution is -1.87. The zero-order chi connectivity index (χ0) is 11.7. The molecular weight excluding hydrogens is 234 g/mol. The number of pyridine rings is 1. The van der Waals surface area contributed by atoms with Crippen molar-refractivity contribution in [3.8, 4) is 11.4 Å². The van der Waals surface area contributed by atoms with E-state index in [1.165, 1.54) is 0 Å². The van der Waals surface area contributed by atoms with Crippen LogP contribution in [-0.2, 0) is 0 Å². The van der Waals surface area contributed by atoms with Gasteiger partial charge in [0.2, 0.25) is 0 Å². The predicted octanol–water partition coefficient (Wildman–Crippen LogP) is 3.35. The number of fused-ring (bicyclic) bond motifs is 1. The first-order valence-electron chi connectivity index (χ1n) is 5.16. The Labute approximate surface area is 103 Å². The van der Waals surface area contributed by atoms with Crippen LogP contribution < -0.4 is 0 Å². The van der Waals surface area contributed by atoms with Gasteiger partial charge in [-0.25, -0.2) is 9.97 Å². The molecule has 3 nitrogen and oxygen atoms in total. The van der Waals surface area contributed by atoms with Gasteiger partial charge in [0.05, 0.1) is 10.5 Å². The van der Waals surface area contributed by atoms with Crippen LogP contribution >= 0.6 is 11.6 Å². The van der Waals surface area contributed by atoms with Gasteiger partial charge in [-0.05, 0) is 18.2 Å². The monoisotopic (exact) mass is 241 g/mol. The molecule has 82 valence electrons. The van der Waals surface area contributed by atoms with E-state index in [1.807, 2.05) is 18.2 Å². The van der Waals surface area contributed by atoms with Crippen molar-refractivity contribution in [1.82, 2.24) is 15.0 Å². The highest BCUT2D eigenvalue weighted by Gasteiger charge is 2.04. The highest BCUT2D eigenvalue weighted by Crippen LogP contribution is 2.25. The Balaban J connectivity index is 2.21.